The average Bonchev–Trinajstić information content (AvgIpc) is 2.81. The van der Waals surface area contributed by atoms with Crippen LogP contribution in [0.2, 0.25) is 0 Å². The molecule has 2 nitrogen and oxygen atoms in total. The van der Waals surface area contributed by atoms with E-state index in [4.69, 9.17) is 0 Å². The van der Waals surface area contributed by atoms with E-state index >= 15 is 0 Å². The van der Waals surface area contributed by atoms with Gasteiger partial charge in [0.25, 0.3) is 0 Å². The van der Waals surface area contributed by atoms with Gasteiger partial charge in [-0.15, -0.1) is 0 Å². The maximum absolute atomic E-state index is 13.2. The first-order valence-corrected chi connectivity index (χ1v) is 11.9. The molecule has 30 heavy (non-hydrogen) atoms. The third-order valence-electron chi connectivity index (χ3n) is 6.73. The van der Waals surface area contributed by atoms with Gasteiger partial charge in [0.15, 0.2) is 5.78 Å². The summed E-state index contributed by atoms with van der Waals surface area (Å²) in [5, 5.41) is 0. The van der Waals surface area contributed by atoms with Crippen molar-refractivity contribution in [2.24, 2.45) is 0 Å². The second-order valence-electron chi connectivity index (χ2n) is 8.85. The Bertz CT molecular complexity index is 824. The molecule has 0 unspecified atom stereocenters. The molecule has 3 rings (SSSR count). The van der Waals surface area contributed by atoms with Crippen molar-refractivity contribution in [3.05, 3.63) is 59.7 Å². The van der Waals surface area contributed by atoms with Gasteiger partial charge in [0, 0.05) is 18.4 Å². The highest BCUT2D eigenvalue weighted by molar-refractivity contribution is 5.96. The lowest BCUT2D eigenvalue weighted by atomic mass is 9.65. The van der Waals surface area contributed by atoms with E-state index in [0.717, 1.165) is 68.1 Å². The quantitative estimate of drug-likeness (QED) is 0.380. The Morgan fingerprint density at radius 2 is 1.27 bits per heavy atom. The van der Waals surface area contributed by atoms with Gasteiger partial charge in [-0.2, -0.15) is 0 Å². The van der Waals surface area contributed by atoms with Gasteiger partial charge in [0.05, 0.1) is 5.41 Å². The Balaban J connectivity index is 1.79. The molecule has 0 aliphatic heterocycles. The summed E-state index contributed by atoms with van der Waals surface area (Å²) in [6, 6.07) is 16.6. The van der Waals surface area contributed by atoms with E-state index in [1.54, 1.807) is 0 Å². The molecule has 0 N–H and O–H groups in total. The van der Waals surface area contributed by atoms with Crippen LogP contribution in [0.25, 0.3) is 11.1 Å². The van der Waals surface area contributed by atoms with Gasteiger partial charge < -0.3 is 0 Å². The monoisotopic (exact) mass is 404 g/mol. The number of rotatable bonds is 10. The van der Waals surface area contributed by atoms with Gasteiger partial charge in [-0.05, 0) is 42.4 Å². The Labute approximate surface area is 182 Å². The summed E-state index contributed by atoms with van der Waals surface area (Å²) in [6.45, 7) is 4.26. The van der Waals surface area contributed by atoms with Crippen LogP contribution in [0.1, 0.15) is 100 Å². The van der Waals surface area contributed by atoms with Crippen molar-refractivity contribution in [3.63, 3.8) is 0 Å². The predicted octanol–water partition coefficient (Wildman–Crippen LogP) is 7.69. The minimum absolute atomic E-state index is 0.226. The molecular formula is C28H36O2. The Kier molecular flexibility index (Phi) is 8.01. The molecule has 0 bridgehead atoms. The van der Waals surface area contributed by atoms with Crippen LogP contribution in [0.5, 0.6) is 0 Å². The van der Waals surface area contributed by atoms with E-state index in [1.165, 1.54) is 12.0 Å². The third kappa shape index (κ3) is 5.09. The highest BCUT2D eigenvalue weighted by Gasteiger charge is 2.39. The van der Waals surface area contributed by atoms with Crippen molar-refractivity contribution in [2.45, 2.75) is 89.9 Å². The van der Waals surface area contributed by atoms with Crippen LogP contribution in [0.15, 0.2) is 48.5 Å². The van der Waals surface area contributed by atoms with E-state index in [1.807, 2.05) is 24.3 Å². The molecule has 0 spiro atoms. The second kappa shape index (κ2) is 10.7. The highest BCUT2D eigenvalue weighted by atomic mass is 16.1. The first kappa shape index (κ1) is 22.5. The summed E-state index contributed by atoms with van der Waals surface area (Å²) >= 11 is 0. The fraction of sp³-hybridized carbons (Fsp3) is 0.500. The Hall–Kier alpha value is -2.22. The number of Topliss-reactive ketones (excluding diaryl/α,β-unsaturated/α-hetero) is 2. The lowest BCUT2D eigenvalue weighted by Crippen LogP contribution is -2.37. The van der Waals surface area contributed by atoms with Crippen LogP contribution in [0, 0.1) is 0 Å². The molecule has 2 heteroatoms. The Morgan fingerprint density at radius 3 is 1.83 bits per heavy atom. The number of unbranched alkanes of at least 4 members (excludes halogenated alkanes) is 2. The van der Waals surface area contributed by atoms with Crippen molar-refractivity contribution in [1.29, 1.82) is 0 Å². The zero-order chi connectivity index (χ0) is 21.4. The Morgan fingerprint density at radius 1 is 0.733 bits per heavy atom. The number of benzene rings is 2. The molecule has 2 aromatic rings. The molecule has 1 fully saturated rings. The van der Waals surface area contributed by atoms with E-state index in [-0.39, 0.29) is 11.2 Å². The fourth-order valence-electron chi connectivity index (χ4n) is 4.77. The van der Waals surface area contributed by atoms with Crippen molar-refractivity contribution >= 4 is 11.6 Å². The van der Waals surface area contributed by atoms with E-state index < -0.39 is 0 Å². The molecule has 0 radical (unpaired) electrons. The van der Waals surface area contributed by atoms with E-state index in [0.29, 0.717) is 18.6 Å². The number of hydrogen-bond donors (Lipinski definition) is 0. The zero-order valence-corrected chi connectivity index (χ0v) is 18.7. The van der Waals surface area contributed by atoms with Gasteiger partial charge in [0.2, 0.25) is 0 Å². The number of carbonyl (C=O) groups is 2. The predicted molar refractivity (Wildman–Crippen MR) is 125 cm³/mol. The minimum atomic E-state index is -0.276. The van der Waals surface area contributed by atoms with Crippen molar-refractivity contribution in [3.8, 4) is 11.1 Å². The third-order valence-corrected chi connectivity index (χ3v) is 6.73. The molecule has 0 aromatic heterocycles. The lowest BCUT2D eigenvalue weighted by Gasteiger charge is -2.36. The van der Waals surface area contributed by atoms with Crippen molar-refractivity contribution in [2.75, 3.05) is 0 Å². The molecule has 0 atom stereocenters. The number of hydrogen-bond acceptors (Lipinski definition) is 2. The van der Waals surface area contributed by atoms with Crippen LogP contribution >= 0.6 is 0 Å². The largest absolute Gasteiger partial charge is 0.299 e. The topological polar surface area (TPSA) is 34.1 Å². The summed E-state index contributed by atoms with van der Waals surface area (Å²) in [6.07, 6.45) is 10.9. The molecule has 1 saturated carbocycles. The zero-order valence-electron chi connectivity index (χ0n) is 18.7. The fourth-order valence-corrected chi connectivity index (χ4v) is 4.77. The molecule has 0 amide bonds. The summed E-state index contributed by atoms with van der Waals surface area (Å²) in [7, 11) is 0. The minimum Gasteiger partial charge on any atom is -0.299 e. The maximum Gasteiger partial charge on any atom is 0.162 e. The van der Waals surface area contributed by atoms with Gasteiger partial charge in [-0.3, -0.25) is 9.59 Å². The van der Waals surface area contributed by atoms with E-state index in [9.17, 15) is 9.59 Å². The molecule has 1 aliphatic rings. The van der Waals surface area contributed by atoms with Crippen LogP contribution in [0.3, 0.4) is 0 Å². The number of ketones is 2. The normalized spacial score (nSPS) is 15.7. The molecule has 0 saturated heterocycles. The van der Waals surface area contributed by atoms with Crippen LogP contribution < -0.4 is 0 Å². The van der Waals surface area contributed by atoms with Crippen molar-refractivity contribution < 1.29 is 9.59 Å². The molecule has 2 aromatic carbocycles. The SMILES string of the molecule is CCCCC(=O)c1ccc(-c2ccc(C3(C(=O)CCCC)CCCCC3)cc2)cc1. The lowest BCUT2D eigenvalue weighted by molar-refractivity contribution is -0.126. The summed E-state index contributed by atoms with van der Waals surface area (Å²) in [5.74, 6) is 0.662. The smallest absolute Gasteiger partial charge is 0.162 e. The first-order chi connectivity index (χ1) is 14.6. The van der Waals surface area contributed by atoms with Crippen LogP contribution in [0.4, 0.5) is 0 Å². The van der Waals surface area contributed by atoms with Gasteiger partial charge >= 0.3 is 0 Å². The summed E-state index contributed by atoms with van der Waals surface area (Å²) in [5.41, 5.74) is 3.97. The number of carbonyl (C=O) groups excluding carboxylic acids is 2. The van der Waals surface area contributed by atoms with Crippen molar-refractivity contribution in [1.82, 2.24) is 0 Å². The molecule has 0 heterocycles. The van der Waals surface area contributed by atoms with Gasteiger partial charge in [0.1, 0.15) is 5.78 Å². The van der Waals surface area contributed by atoms with Crippen LogP contribution in [-0.2, 0) is 10.2 Å². The molecule has 160 valence electrons. The second-order valence-corrected chi connectivity index (χ2v) is 8.85. The summed E-state index contributed by atoms with van der Waals surface area (Å²) < 4.78 is 0. The van der Waals surface area contributed by atoms with E-state index in [2.05, 4.69) is 38.1 Å². The standard InChI is InChI=1S/C28H36O2/c1-3-5-10-26(29)24-14-12-22(13-15-24)23-16-18-25(19-17-23)28(20-8-7-9-21-28)27(30)11-6-4-2/h12-19H,3-11,20-21H2,1-2H3. The molecule has 1 aliphatic carbocycles. The maximum atomic E-state index is 13.2. The van der Waals surface area contributed by atoms with Gasteiger partial charge in [-0.1, -0.05) is 94.5 Å². The van der Waals surface area contributed by atoms with Gasteiger partial charge in [-0.25, -0.2) is 0 Å². The molecular weight excluding hydrogens is 368 g/mol. The first-order valence-electron chi connectivity index (χ1n) is 11.9. The summed E-state index contributed by atoms with van der Waals surface area (Å²) in [4.78, 5) is 25.4. The highest BCUT2D eigenvalue weighted by Crippen LogP contribution is 2.42. The average molecular weight is 405 g/mol. The van der Waals surface area contributed by atoms with Crippen LogP contribution in [-0.4, -0.2) is 11.6 Å².